The molecule has 0 aliphatic carbocycles. The van der Waals surface area contributed by atoms with Crippen LogP contribution in [-0.2, 0) is 0 Å². The lowest BCUT2D eigenvalue weighted by atomic mass is 10.1. The number of nitrogens with one attached hydrogen (secondary N) is 2. The Morgan fingerprint density at radius 1 is 1.17 bits per heavy atom. The van der Waals surface area contributed by atoms with Crippen molar-refractivity contribution in [1.29, 1.82) is 0 Å². The van der Waals surface area contributed by atoms with Gasteiger partial charge in [-0.2, -0.15) is 0 Å². The first kappa shape index (κ1) is 17.2. The van der Waals surface area contributed by atoms with Crippen LogP contribution in [0.1, 0.15) is 18.1 Å². The first-order chi connectivity index (χ1) is 10.9. The van der Waals surface area contributed by atoms with E-state index in [1.165, 1.54) is 23.3 Å². The molecule has 0 bridgehead atoms. The van der Waals surface area contributed by atoms with E-state index >= 15 is 0 Å². The maximum atomic E-state index is 13.1. The molecule has 1 unspecified atom stereocenters. The van der Waals surface area contributed by atoms with Crippen molar-refractivity contribution in [1.82, 2.24) is 5.32 Å². The Morgan fingerprint density at radius 3 is 2.65 bits per heavy atom. The van der Waals surface area contributed by atoms with E-state index in [1.54, 1.807) is 12.1 Å². The minimum Gasteiger partial charge on any atom is -0.491 e. The summed E-state index contributed by atoms with van der Waals surface area (Å²) < 4.78 is 18.9. The molecule has 5 heteroatoms. The molecular formula is C18H21FN2OS. The fourth-order valence-corrected chi connectivity index (χ4v) is 2.34. The van der Waals surface area contributed by atoms with Gasteiger partial charge in [0.25, 0.3) is 0 Å². The van der Waals surface area contributed by atoms with Crippen molar-refractivity contribution in [2.24, 2.45) is 0 Å². The van der Waals surface area contributed by atoms with Crippen LogP contribution >= 0.6 is 12.2 Å². The van der Waals surface area contributed by atoms with Crippen molar-refractivity contribution in [2.45, 2.75) is 26.8 Å². The van der Waals surface area contributed by atoms with Gasteiger partial charge in [-0.25, -0.2) is 4.39 Å². The van der Waals surface area contributed by atoms with E-state index in [0.29, 0.717) is 17.4 Å². The van der Waals surface area contributed by atoms with Crippen LogP contribution in [0.4, 0.5) is 10.1 Å². The van der Waals surface area contributed by atoms with Crippen molar-refractivity contribution in [2.75, 3.05) is 11.9 Å². The van der Waals surface area contributed by atoms with Gasteiger partial charge in [0.15, 0.2) is 5.11 Å². The van der Waals surface area contributed by atoms with Crippen LogP contribution in [0.15, 0.2) is 42.5 Å². The summed E-state index contributed by atoms with van der Waals surface area (Å²) in [6.45, 7) is 6.58. The minimum absolute atomic E-state index is 0.0187. The Labute approximate surface area is 141 Å². The molecule has 1 atom stereocenters. The zero-order chi connectivity index (χ0) is 16.8. The molecule has 2 aromatic carbocycles. The zero-order valence-electron chi connectivity index (χ0n) is 13.5. The normalized spacial score (nSPS) is 11.7. The van der Waals surface area contributed by atoms with E-state index in [0.717, 1.165) is 5.75 Å². The van der Waals surface area contributed by atoms with Gasteiger partial charge in [-0.05, 0) is 74.4 Å². The molecule has 2 aromatic rings. The first-order valence-corrected chi connectivity index (χ1v) is 7.88. The van der Waals surface area contributed by atoms with Crippen LogP contribution in [0, 0.1) is 19.7 Å². The van der Waals surface area contributed by atoms with Crippen molar-refractivity contribution in [3.8, 4) is 5.75 Å². The Balaban J connectivity index is 1.80. The molecule has 0 saturated carbocycles. The second-order valence-electron chi connectivity index (χ2n) is 5.57. The summed E-state index contributed by atoms with van der Waals surface area (Å²) in [5.41, 5.74) is 3.06. The van der Waals surface area contributed by atoms with Gasteiger partial charge in [-0.1, -0.05) is 12.1 Å². The van der Waals surface area contributed by atoms with Crippen LogP contribution in [0.25, 0.3) is 0 Å². The number of rotatable bonds is 5. The third-order valence-corrected chi connectivity index (χ3v) is 3.66. The van der Waals surface area contributed by atoms with Crippen molar-refractivity contribution in [3.05, 3.63) is 59.4 Å². The molecule has 0 spiro atoms. The van der Waals surface area contributed by atoms with Gasteiger partial charge in [0, 0.05) is 5.69 Å². The molecule has 2 N–H and O–H groups in total. The van der Waals surface area contributed by atoms with E-state index in [-0.39, 0.29) is 11.9 Å². The average molecular weight is 332 g/mol. The summed E-state index contributed by atoms with van der Waals surface area (Å²) >= 11 is 5.22. The molecule has 0 radical (unpaired) electrons. The second-order valence-corrected chi connectivity index (χ2v) is 5.98. The molecule has 0 fully saturated rings. The lowest BCUT2D eigenvalue weighted by Crippen LogP contribution is -2.39. The van der Waals surface area contributed by atoms with Crippen molar-refractivity contribution in [3.63, 3.8) is 0 Å². The third-order valence-electron chi connectivity index (χ3n) is 3.44. The fourth-order valence-electron chi connectivity index (χ4n) is 2.02. The predicted octanol–water partition coefficient (Wildman–Crippen LogP) is 4.20. The highest BCUT2D eigenvalue weighted by Crippen LogP contribution is 2.16. The number of benzene rings is 2. The van der Waals surface area contributed by atoms with Gasteiger partial charge in [0.05, 0.1) is 6.04 Å². The maximum absolute atomic E-state index is 13.1. The number of anilines is 1. The van der Waals surface area contributed by atoms with Crippen molar-refractivity contribution >= 4 is 23.0 Å². The molecule has 2 rings (SSSR count). The molecule has 3 nitrogen and oxygen atoms in total. The zero-order valence-corrected chi connectivity index (χ0v) is 14.3. The summed E-state index contributed by atoms with van der Waals surface area (Å²) in [7, 11) is 0. The number of ether oxygens (including phenoxy) is 1. The van der Waals surface area contributed by atoms with E-state index in [4.69, 9.17) is 17.0 Å². The van der Waals surface area contributed by atoms with Gasteiger partial charge in [-0.3, -0.25) is 0 Å². The maximum Gasteiger partial charge on any atom is 0.171 e. The first-order valence-electron chi connectivity index (χ1n) is 7.47. The van der Waals surface area contributed by atoms with Crippen LogP contribution in [0.3, 0.4) is 0 Å². The topological polar surface area (TPSA) is 33.3 Å². The molecule has 0 aromatic heterocycles. The molecule has 0 saturated heterocycles. The Hall–Kier alpha value is -2.14. The van der Waals surface area contributed by atoms with Gasteiger partial charge >= 0.3 is 0 Å². The monoisotopic (exact) mass is 332 g/mol. The van der Waals surface area contributed by atoms with Crippen LogP contribution in [0.2, 0.25) is 0 Å². The SMILES string of the molecule is Cc1ccc(OCC(C)NC(=S)Nc2cccc(F)c2)cc1C. The molecule has 122 valence electrons. The molecular weight excluding hydrogens is 311 g/mol. The lowest BCUT2D eigenvalue weighted by Gasteiger charge is -2.18. The van der Waals surface area contributed by atoms with Crippen LogP contribution in [0.5, 0.6) is 5.75 Å². The average Bonchev–Trinajstić information content (AvgIpc) is 2.48. The fraction of sp³-hybridized carbons (Fsp3) is 0.278. The highest BCUT2D eigenvalue weighted by atomic mass is 32.1. The smallest absolute Gasteiger partial charge is 0.171 e. The molecule has 0 amide bonds. The molecule has 0 aliphatic rings. The van der Waals surface area contributed by atoms with Gasteiger partial charge in [-0.15, -0.1) is 0 Å². The number of thiocarbonyl (C=S) groups is 1. The number of hydrogen-bond acceptors (Lipinski definition) is 2. The molecule has 0 aliphatic heterocycles. The predicted molar refractivity (Wildman–Crippen MR) is 96.6 cm³/mol. The van der Waals surface area contributed by atoms with Gasteiger partial charge in [0.1, 0.15) is 18.2 Å². The van der Waals surface area contributed by atoms with E-state index in [2.05, 4.69) is 24.5 Å². The second kappa shape index (κ2) is 7.92. The highest BCUT2D eigenvalue weighted by molar-refractivity contribution is 7.80. The van der Waals surface area contributed by atoms with E-state index in [9.17, 15) is 4.39 Å². The summed E-state index contributed by atoms with van der Waals surface area (Å²) in [6, 6.07) is 12.2. The molecule has 0 heterocycles. The highest BCUT2D eigenvalue weighted by Gasteiger charge is 2.06. The largest absolute Gasteiger partial charge is 0.491 e. The molecule has 23 heavy (non-hydrogen) atoms. The summed E-state index contributed by atoms with van der Waals surface area (Å²) in [4.78, 5) is 0. The number of hydrogen-bond donors (Lipinski definition) is 2. The summed E-state index contributed by atoms with van der Waals surface area (Å²) in [5, 5.41) is 6.51. The standard InChI is InChI=1S/C18H21FN2OS/c1-12-7-8-17(9-13(12)2)22-11-14(3)20-18(23)21-16-6-4-5-15(19)10-16/h4-10,14H,11H2,1-3H3,(H2,20,21,23). The summed E-state index contributed by atoms with van der Waals surface area (Å²) in [6.07, 6.45) is 0. The van der Waals surface area contributed by atoms with Crippen molar-refractivity contribution < 1.29 is 9.13 Å². The quantitative estimate of drug-likeness (QED) is 0.804. The van der Waals surface area contributed by atoms with Gasteiger partial charge < -0.3 is 15.4 Å². The van der Waals surface area contributed by atoms with Crippen LogP contribution in [-0.4, -0.2) is 17.8 Å². The minimum atomic E-state index is -0.302. The van der Waals surface area contributed by atoms with E-state index < -0.39 is 0 Å². The van der Waals surface area contributed by atoms with E-state index in [1.807, 2.05) is 25.1 Å². The Kier molecular flexibility index (Phi) is 5.93. The number of halogens is 1. The Bertz CT molecular complexity index is 690. The number of aryl methyl sites for hydroxylation is 2. The third kappa shape index (κ3) is 5.53. The van der Waals surface area contributed by atoms with Gasteiger partial charge in [0.2, 0.25) is 0 Å². The summed E-state index contributed by atoms with van der Waals surface area (Å²) in [5.74, 6) is 0.537. The lowest BCUT2D eigenvalue weighted by molar-refractivity contribution is 0.287. The van der Waals surface area contributed by atoms with Crippen LogP contribution < -0.4 is 15.4 Å². The Morgan fingerprint density at radius 2 is 1.96 bits per heavy atom.